The maximum Gasteiger partial charge on any atom is 0.255 e. The molecule has 14 heavy (non-hydrogen) atoms. The van der Waals surface area contributed by atoms with Crippen molar-refractivity contribution in [1.29, 1.82) is 0 Å². The van der Waals surface area contributed by atoms with Crippen LogP contribution in [-0.4, -0.2) is 36.2 Å². The summed E-state index contributed by atoms with van der Waals surface area (Å²) in [7, 11) is 3.10. The number of carbonyl (C=O) groups is 2. The summed E-state index contributed by atoms with van der Waals surface area (Å²) in [6.07, 6.45) is 1.48. The number of aldehydes is 1. The van der Waals surface area contributed by atoms with Crippen LogP contribution in [0, 0.1) is 5.82 Å². The molecule has 0 aliphatic carbocycles. The van der Waals surface area contributed by atoms with E-state index in [2.05, 4.69) is 4.98 Å². The average molecular weight is 196 g/mol. The summed E-state index contributed by atoms with van der Waals surface area (Å²) in [6.45, 7) is 0. The van der Waals surface area contributed by atoms with Crippen molar-refractivity contribution in [2.45, 2.75) is 0 Å². The van der Waals surface area contributed by atoms with Gasteiger partial charge in [0.1, 0.15) is 5.69 Å². The molecule has 1 amide bonds. The predicted octanol–water partition coefficient (Wildman–Crippen LogP) is 0.735. The molecule has 0 unspecified atom stereocenters. The van der Waals surface area contributed by atoms with Gasteiger partial charge in [0.15, 0.2) is 12.1 Å². The second-order valence-corrected chi connectivity index (χ2v) is 2.91. The van der Waals surface area contributed by atoms with E-state index in [-0.39, 0.29) is 17.2 Å². The minimum Gasteiger partial charge on any atom is -0.345 e. The molecular formula is C9H9FN2O2. The molecule has 0 radical (unpaired) electrons. The number of halogens is 1. The van der Waals surface area contributed by atoms with Gasteiger partial charge in [-0.15, -0.1) is 0 Å². The SMILES string of the molecule is CN(C)C(=O)c1cnc(C=O)c(F)c1. The van der Waals surface area contributed by atoms with Gasteiger partial charge < -0.3 is 4.90 Å². The van der Waals surface area contributed by atoms with Crippen molar-refractivity contribution >= 4 is 12.2 Å². The largest absolute Gasteiger partial charge is 0.345 e. The van der Waals surface area contributed by atoms with Gasteiger partial charge in [0.2, 0.25) is 0 Å². The van der Waals surface area contributed by atoms with Gasteiger partial charge in [-0.3, -0.25) is 9.59 Å². The maximum absolute atomic E-state index is 13.0. The number of aromatic nitrogens is 1. The van der Waals surface area contributed by atoms with E-state index >= 15 is 0 Å². The zero-order valence-corrected chi connectivity index (χ0v) is 7.82. The maximum atomic E-state index is 13.0. The Labute approximate surface area is 80.4 Å². The van der Waals surface area contributed by atoms with Crippen molar-refractivity contribution in [1.82, 2.24) is 9.88 Å². The van der Waals surface area contributed by atoms with Crippen LogP contribution in [-0.2, 0) is 0 Å². The van der Waals surface area contributed by atoms with E-state index in [1.807, 2.05) is 0 Å². The first-order valence-corrected chi connectivity index (χ1v) is 3.88. The van der Waals surface area contributed by atoms with E-state index in [4.69, 9.17) is 0 Å². The molecule has 0 aromatic carbocycles. The molecule has 1 aromatic heterocycles. The molecule has 0 bridgehead atoms. The van der Waals surface area contributed by atoms with Crippen LogP contribution in [0.5, 0.6) is 0 Å². The Morgan fingerprint density at radius 2 is 2.21 bits per heavy atom. The summed E-state index contributed by atoms with van der Waals surface area (Å²) >= 11 is 0. The lowest BCUT2D eigenvalue weighted by Crippen LogP contribution is -2.22. The van der Waals surface area contributed by atoms with E-state index in [0.717, 1.165) is 6.07 Å². The lowest BCUT2D eigenvalue weighted by Gasteiger charge is -2.09. The quantitative estimate of drug-likeness (QED) is 0.655. The fourth-order valence-corrected chi connectivity index (χ4v) is 0.910. The minimum absolute atomic E-state index is 0.123. The molecule has 0 saturated carbocycles. The smallest absolute Gasteiger partial charge is 0.255 e. The Kier molecular flexibility index (Phi) is 2.91. The van der Waals surface area contributed by atoms with Crippen LogP contribution in [0.2, 0.25) is 0 Å². The summed E-state index contributed by atoms with van der Waals surface area (Å²) in [4.78, 5) is 26.4. The van der Waals surface area contributed by atoms with Crippen LogP contribution in [0.1, 0.15) is 20.8 Å². The van der Waals surface area contributed by atoms with Crippen molar-refractivity contribution < 1.29 is 14.0 Å². The Morgan fingerprint density at radius 1 is 1.57 bits per heavy atom. The van der Waals surface area contributed by atoms with Crippen LogP contribution in [0.3, 0.4) is 0 Å². The van der Waals surface area contributed by atoms with Crippen molar-refractivity contribution in [3.8, 4) is 0 Å². The Hall–Kier alpha value is -1.78. The summed E-state index contributed by atoms with van der Waals surface area (Å²) in [5.41, 5.74) is -0.168. The van der Waals surface area contributed by atoms with E-state index in [9.17, 15) is 14.0 Å². The average Bonchev–Trinajstić information content (AvgIpc) is 2.16. The lowest BCUT2D eigenvalue weighted by atomic mass is 10.2. The van der Waals surface area contributed by atoms with Gasteiger partial charge in [-0.05, 0) is 6.07 Å². The topological polar surface area (TPSA) is 50.3 Å². The van der Waals surface area contributed by atoms with Gasteiger partial charge in [-0.25, -0.2) is 9.37 Å². The van der Waals surface area contributed by atoms with Crippen molar-refractivity contribution in [3.63, 3.8) is 0 Å². The first-order chi connectivity index (χ1) is 6.56. The van der Waals surface area contributed by atoms with Crippen LogP contribution in [0.15, 0.2) is 12.3 Å². The number of carbonyl (C=O) groups excluding carboxylic acids is 2. The molecule has 1 rings (SSSR count). The molecule has 0 aliphatic heterocycles. The van der Waals surface area contributed by atoms with Gasteiger partial charge in [0, 0.05) is 20.3 Å². The van der Waals surface area contributed by atoms with Crippen LogP contribution in [0.25, 0.3) is 0 Å². The number of amides is 1. The Balaban J connectivity index is 3.08. The molecule has 0 atom stereocenters. The first kappa shape index (κ1) is 10.3. The summed E-state index contributed by atoms with van der Waals surface area (Å²) in [6, 6.07) is 0.999. The summed E-state index contributed by atoms with van der Waals surface area (Å²) in [5.74, 6) is -1.14. The highest BCUT2D eigenvalue weighted by atomic mass is 19.1. The molecule has 74 valence electrons. The van der Waals surface area contributed by atoms with Gasteiger partial charge in [-0.1, -0.05) is 0 Å². The summed E-state index contributed by atoms with van der Waals surface area (Å²) in [5, 5.41) is 0. The molecule has 1 heterocycles. The number of hydrogen-bond acceptors (Lipinski definition) is 3. The third-order valence-electron chi connectivity index (χ3n) is 1.63. The number of rotatable bonds is 2. The van der Waals surface area contributed by atoms with Crippen molar-refractivity contribution in [3.05, 3.63) is 29.3 Å². The van der Waals surface area contributed by atoms with Crippen LogP contribution >= 0.6 is 0 Å². The van der Waals surface area contributed by atoms with Gasteiger partial charge in [-0.2, -0.15) is 0 Å². The zero-order valence-electron chi connectivity index (χ0n) is 7.82. The van der Waals surface area contributed by atoms with E-state index in [1.54, 1.807) is 14.1 Å². The zero-order chi connectivity index (χ0) is 10.7. The van der Waals surface area contributed by atoms with Crippen molar-refractivity contribution in [2.75, 3.05) is 14.1 Å². The van der Waals surface area contributed by atoms with Gasteiger partial charge in [0.05, 0.1) is 5.56 Å². The lowest BCUT2D eigenvalue weighted by molar-refractivity contribution is 0.0826. The number of hydrogen-bond donors (Lipinski definition) is 0. The van der Waals surface area contributed by atoms with Gasteiger partial charge in [0.25, 0.3) is 5.91 Å². The van der Waals surface area contributed by atoms with E-state index in [0.29, 0.717) is 6.29 Å². The highest BCUT2D eigenvalue weighted by Gasteiger charge is 2.11. The molecule has 0 aliphatic rings. The molecular weight excluding hydrogens is 187 g/mol. The van der Waals surface area contributed by atoms with Gasteiger partial charge >= 0.3 is 0 Å². The molecule has 5 heteroatoms. The minimum atomic E-state index is -0.785. The molecule has 0 saturated heterocycles. The monoisotopic (exact) mass is 196 g/mol. The Morgan fingerprint density at radius 3 is 2.64 bits per heavy atom. The first-order valence-electron chi connectivity index (χ1n) is 3.88. The highest BCUT2D eigenvalue weighted by molar-refractivity contribution is 5.93. The van der Waals surface area contributed by atoms with E-state index < -0.39 is 5.82 Å². The van der Waals surface area contributed by atoms with Crippen LogP contribution in [0.4, 0.5) is 4.39 Å². The fraction of sp³-hybridized carbons (Fsp3) is 0.222. The Bertz CT molecular complexity index is 377. The molecule has 0 spiro atoms. The standard InChI is InChI=1S/C9H9FN2O2/c1-12(2)9(14)6-3-7(10)8(5-13)11-4-6/h3-5H,1-2H3. The number of pyridine rings is 1. The van der Waals surface area contributed by atoms with Crippen molar-refractivity contribution in [2.24, 2.45) is 0 Å². The third kappa shape index (κ3) is 1.93. The fourth-order valence-electron chi connectivity index (χ4n) is 0.910. The third-order valence-corrected chi connectivity index (χ3v) is 1.63. The number of nitrogens with zero attached hydrogens (tertiary/aromatic N) is 2. The summed E-state index contributed by atoms with van der Waals surface area (Å²) < 4.78 is 13.0. The highest BCUT2D eigenvalue weighted by Crippen LogP contribution is 2.06. The second-order valence-electron chi connectivity index (χ2n) is 2.91. The molecule has 4 nitrogen and oxygen atoms in total. The van der Waals surface area contributed by atoms with Crippen LogP contribution < -0.4 is 0 Å². The second kappa shape index (κ2) is 3.95. The normalized spacial score (nSPS) is 9.64. The molecule has 0 N–H and O–H groups in total. The predicted molar refractivity (Wildman–Crippen MR) is 47.6 cm³/mol. The molecule has 1 aromatic rings. The molecule has 0 fully saturated rings. The van der Waals surface area contributed by atoms with E-state index in [1.165, 1.54) is 11.1 Å².